The Bertz CT molecular complexity index is 608. The third-order valence-electron chi connectivity index (χ3n) is 2.77. The molecule has 0 radical (unpaired) electrons. The molecule has 3 N–H and O–H groups in total. The Morgan fingerprint density at radius 1 is 1.47 bits per heavy atom. The summed E-state index contributed by atoms with van der Waals surface area (Å²) in [4.78, 5) is 12.0. The van der Waals surface area contributed by atoms with Crippen LogP contribution in [0.2, 0.25) is 0 Å². The van der Waals surface area contributed by atoms with Gasteiger partial charge < -0.3 is 11.1 Å². The van der Waals surface area contributed by atoms with E-state index >= 15 is 0 Å². The lowest BCUT2D eigenvalue weighted by atomic mass is 10.2. The van der Waals surface area contributed by atoms with E-state index in [1.54, 1.807) is 19.2 Å². The highest BCUT2D eigenvalue weighted by molar-refractivity contribution is 5.93. The number of nitrogen functional groups attached to an aromatic ring is 1. The van der Waals surface area contributed by atoms with E-state index in [0.717, 1.165) is 5.69 Å². The lowest BCUT2D eigenvalue weighted by Gasteiger charge is -2.13. The molecule has 0 aliphatic heterocycles. The molecule has 1 aromatic heterocycles. The van der Waals surface area contributed by atoms with E-state index in [1.807, 2.05) is 6.92 Å². The molecule has 0 spiro atoms. The molecule has 1 atom stereocenters. The van der Waals surface area contributed by atoms with Gasteiger partial charge in [-0.25, -0.2) is 4.39 Å². The van der Waals surface area contributed by atoms with Crippen molar-refractivity contribution in [3.63, 3.8) is 0 Å². The highest BCUT2D eigenvalue weighted by atomic mass is 19.1. The first-order valence-electron chi connectivity index (χ1n) is 5.85. The average molecular weight is 262 g/mol. The molecule has 0 aliphatic carbocycles. The molecule has 6 heteroatoms. The number of halogens is 1. The number of hydrogen-bond donors (Lipinski definition) is 2. The molecule has 0 saturated carbocycles. The number of rotatable bonds is 3. The van der Waals surface area contributed by atoms with E-state index in [2.05, 4.69) is 10.4 Å². The molecule has 0 fully saturated rings. The second-order valence-electron chi connectivity index (χ2n) is 4.34. The van der Waals surface area contributed by atoms with Crippen LogP contribution in [0.1, 0.15) is 18.7 Å². The Balaban J connectivity index is 2.14. The number of amides is 1. The van der Waals surface area contributed by atoms with Gasteiger partial charge >= 0.3 is 0 Å². The summed E-state index contributed by atoms with van der Waals surface area (Å²) in [5, 5.41) is 6.65. The quantitative estimate of drug-likeness (QED) is 0.832. The number of anilines is 2. The molecule has 1 unspecified atom stereocenters. The predicted octanol–water partition coefficient (Wildman–Crippen LogP) is 2.11. The SMILES string of the molecule is Cc1ccn(C(C)C(=O)Nc2cc(N)ccc2F)n1. The van der Waals surface area contributed by atoms with E-state index in [9.17, 15) is 9.18 Å². The Labute approximate surface area is 110 Å². The molecule has 2 aromatic rings. The van der Waals surface area contributed by atoms with Gasteiger partial charge in [0.05, 0.1) is 11.4 Å². The van der Waals surface area contributed by atoms with Gasteiger partial charge in [-0.2, -0.15) is 5.10 Å². The number of hydrogen-bond acceptors (Lipinski definition) is 3. The monoisotopic (exact) mass is 262 g/mol. The maximum absolute atomic E-state index is 13.5. The predicted molar refractivity (Wildman–Crippen MR) is 71.1 cm³/mol. The Morgan fingerprint density at radius 3 is 2.84 bits per heavy atom. The maximum Gasteiger partial charge on any atom is 0.249 e. The molecule has 19 heavy (non-hydrogen) atoms. The Hall–Kier alpha value is -2.37. The van der Waals surface area contributed by atoms with Gasteiger partial charge in [-0.3, -0.25) is 9.48 Å². The van der Waals surface area contributed by atoms with Crippen molar-refractivity contribution < 1.29 is 9.18 Å². The Kier molecular flexibility index (Phi) is 3.50. The number of nitrogens with zero attached hydrogens (tertiary/aromatic N) is 2. The lowest BCUT2D eigenvalue weighted by molar-refractivity contribution is -0.119. The number of nitrogens with two attached hydrogens (primary N) is 1. The maximum atomic E-state index is 13.5. The van der Waals surface area contributed by atoms with E-state index < -0.39 is 11.9 Å². The third-order valence-corrected chi connectivity index (χ3v) is 2.77. The van der Waals surface area contributed by atoms with Crippen molar-refractivity contribution in [2.24, 2.45) is 0 Å². The summed E-state index contributed by atoms with van der Waals surface area (Å²) in [6, 6.07) is 5.30. The highest BCUT2D eigenvalue weighted by Crippen LogP contribution is 2.19. The average Bonchev–Trinajstić information content (AvgIpc) is 2.79. The van der Waals surface area contributed by atoms with Gasteiger partial charge in [-0.1, -0.05) is 0 Å². The minimum atomic E-state index is -0.533. The Morgan fingerprint density at radius 2 is 2.21 bits per heavy atom. The summed E-state index contributed by atoms with van der Waals surface area (Å²) in [6.07, 6.45) is 1.70. The minimum absolute atomic E-state index is 0.0701. The zero-order chi connectivity index (χ0) is 14.0. The molecule has 1 aromatic carbocycles. The number of benzene rings is 1. The summed E-state index contributed by atoms with van der Waals surface area (Å²) in [7, 11) is 0. The first-order valence-corrected chi connectivity index (χ1v) is 5.85. The normalized spacial score (nSPS) is 12.2. The van der Waals surface area contributed by atoms with Crippen molar-refractivity contribution in [3.05, 3.63) is 42.0 Å². The third kappa shape index (κ3) is 2.90. The topological polar surface area (TPSA) is 72.9 Å². The molecule has 100 valence electrons. The molecule has 0 saturated heterocycles. The van der Waals surface area contributed by atoms with Crippen molar-refractivity contribution in [1.82, 2.24) is 9.78 Å². The largest absolute Gasteiger partial charge is 0.399 e. The van der Waals surface area contributed by atoms with E-state index in [4.69, 9.17) is 5.73 Å². The van der Waals surface area contributed by atoms with Crippen LogP contribution in [0.3, 0.4) is 0 Å². The van der Waals surface area contributed by atoms with Gasteiger partial charge in [0.1, 0.15) is 11.9 Å². The summed E-state index contributed by atoms with van der Waals surface area (Å²) >= 11 is 0. The second kappa shape index (κ2) is 5.09. The fourth-order valence-electron chi connectivity index (χ4n) is 1.64. The number of aromatic nitrogens is 2. The molecule has 0 aliphatic rings. The molecule has 5 nitrogen and oxygen atoms in total. The summed E-state index contributed by atoms with van der Waals surface area (Å²) in [5.41, 5.74) is 6.83. The zero-order valence-corrected chi connectivity index (χ0v) is 10.7. The number of aryl methyl sites for hydroxylation is 1. The standard InChI is InChI=1S/C13H15FN4O/c1-8-5-6-18(17-8)9(2)13(19)16-12-7-10(15)3-4-11(12)14/h3-7,9H,15H2,1-2H3,(H,16,19). The van der Waals surface area contributed by atoms with Gasteiger partial charge in [-0.05, 0) is 38.1 Å². The van der Waals surface area contributed by atoms with Crippen LogP contribution in [0.25, 0.3) is 0 Å². The smallest absolute Gasteiger partial charge is 0.249 e. The van der Waals surface area contributed by atoms with Gasteiger partial charge in [0.25, 0.3) is 0 Å². The number of nitrogens with one attached hydrogen (secondary N) is 1. The van der Waals surface area contributed by atoms with Crippen molar-refractivity contribution in [3.8, 4) is 0 Å². The van der Waals surface area contributed by atoms with Crippen molar-refractivity contribution in [2.75, 3.05) is 11.1 Å². The van der Waals surface area contributed by atoms with E-state index in [0.29, 0.717) is 5.69 Å². The van der Waals surface area contributed by atoms with Crippen LogP contribution >= 0.6 is 0 Å². The molecule has 1 heterocycles. The molecular weight excluding hydrogens is 247 g/mol. The first kappa shape index (κ1) is 13.1. The minimum Gasteiger partial charge on any atom is -0.399 e. The molecular formula is C13H15FN4O. The van der Waals surface area contributed by atoms with Gasteiger partial charge in [-0.15, -0.1) is 0 Å². The lowest BCUT2D eigenvalue weighted by Crippen LogP contribution is -2.24. The van der Waals surface area contributed by atoms with E-state index in [-0.39, 0.29) is 11.6 Å². The molecule has 2 rings (SSSR count). The van der Waals surface area contributed by atoms with Crippen LogP contribution < -0.4 is 11.1 Å². The fraction of sp³-hybridized carbons (Fsp3) is 0.231. The second-order valence-corrected chi connectivity index (χ2v) is 4.34. The van der Waals surface area contributed by atoms with Crippen molar-refractivity contribution in [2.45, 2.75) is 19.9 Å². The van der Waals surface area contributed by atoms with Crippen molar-refractivity contribution >= 4 is 17.3 Å². The summed E-state index contributed by atoms with van der Waals surface area (Å²) in [5.74, 6) is -0.876. The van der Waals surface area contributed by atoms with Crippen LogP contribution in [0, 0.1) is 12.7 Å². The molecule has 0 bridgehead atoms. The van der Waals surface area contributed by atoms with Crippen LogP contribution in [0.15, 0.2) is 30.5 Å². The van der Waals surface area contributed by atoms with Gasteiger partial charge in [0, 0.05) is 11.9 Å². The van der Waals surface area contributed by atoms with Gasteiger partial charge in [0.2, 0.25) is 5.91 Å². The van der Waals surface area contributed by atoms with Crippen molar-refractivity contribution in [1.29, 1.82) is 0 Å². The van der Waals surface area contributed by atoms with Crippen LogP contribution in [0.5, 0.6) is 0 Å². The summed E-state index contributed by atoms with van der Waals surface area (Å²) < 4.78 is 15.0. The van der Waals surface area contributed by atoms with E-state index in [1.165, 1.54) is 22.9 Å². The van der Waals surface area contributed by atoms with Crippen LogP contribution in [-0.4, -0.2) is 15.7 Å². The van der Waals surface area contributed by atoms with Crippen LogP contribution in [-0.2, 0) is 4.79 Å². The van der Waals surface area contributed by atoms with Gasteiger partial charge in [0.15, 0.2) is 0 Å². The number of carbonyl (C=O) groups excluding carboxylic acids is 1. The fourth-order valence-corrected chi connectivity index (χ4v) is 1.64. The summed E-state index contributed by atoms with van der Waals surface area (Å²) in [6.45, 7) is 3.52. The van der Waals surface area contributed by atoms with Crippen LogP contribution in [0.4, 0.5) is 15.8 Å². The first-order chi connectivity index (χ1) is 8.97. The number of carbonyl (C=O) groups is 1. The zero-order valence-electron chi connectivity index (χ0n) is 10.7. The molecule has 1 amide bonds. The highest BCUT2D eigenvalue weighted by Gasteiger charge is 2.17.